The van der Waals surface area contributed by atoms with E-state index >= 15 is 0 Å². The van der Waals surface area contributed by atoms with Gasteiger partial charge in [-0.05, 0) is 42.2 Å². The van der Waals surface area contributed by atoms with Crippen molar-refractivity contribution < 1.29 is 0 Å². The van der Waals surface area contributed by atoms with Gasteiger partial charge in [0.05, 0.1) is 0 Å². The van der Waals surface area contributed by atoms with Crippen molar-refractivity contribution >= 4 is 6.71 Å². The highest BCUT2D eigenvalue weighted by Gasteiger charge is 2.42. The molecule has 1 nitrogen and oxygen atoms in total. The van der Waals surface area contributed by atoms with E-state index in [-0.39, 0.29) is 0 Å². The van der Waals surface area contributed by atoms with E-state index in [1.54, 1.807) is 11.1 Å². The van der Waals surface area contributed by atoms with Gasteiger partial charge in [0, 0.05) is 5.97 Å². The molecule has 3 rings (SSSR count). The smallest absolute Gasteiger partial charge is 0.213 e. The van der Waals surface area contributed by atoms with E-state index in [1.807, 2.05) is 0 Å². The van der Waals surface area contributed by atoms with Crippen LogP contribution in [0.25, 0.3) is 0 Å². The van der Waals surface area contributed by atoms with Crippen LogP contribution >= 0.6 is 0 Å². The van der Waals surface area contributed by atoms with Crippen LogP contribution in [0.4, 0.5) is 0 Å². The third-order valence-electron chi connectivity index (χ3n) is 4.59. The Labute approximate surface area is 97.6 Å². The fourth-order valence-electron chi connectivity index (χ4n) is 3.58. The number of benzene rings is 1. The summed E-state index contributed by atoms with van der Waals surface area (Å²) in [5, 5.41) is 8.97. The van der Waals surface area contributed by atoms with Crippen LogP contribution in [0.15, 0.2) is 24.3 Å². The second-order valence-corrected chi connectivity index (χ2v) is 5.34. The molecular formula is C14H16BN. The Bertz CT molecular complexity index is 438. The Hall–Kier alpha value is -1.23. The molecule has 80 valence electrons. The van der Waals surface area contributed by atoms with Crippen molar-refractivity contribution in [2.45, 2.75) is 43.7 Å². The summed E-state index contributed by atoms with van der Waals surface area (Å²) in [6, 6.07) is 8.91. The summed E-state index contributed by atoms with van der Waals surface area (Å²) in [6.45, 7) is 0.318. The SMILES string of the molecule is N#CB1CCC2(CC1)CCc1ccccc12. The van der Waals surface area contributed by atoms with Gasteiger partial charge < -0.3 is 0 Å². The van der Waals surface area contributed by atoms with Crippen molar-refractivity contribution in [1.29, 1.82) is 5.26 Å². The molecule has 1 aliphatic heterocycles. The van der Waals surface area contributed by atoms with E-state index < -0.39 is 0 Å². The van der Waals surface area contributed by atoms with Gasteiger partial charge in [-0.25, -0.2) is 5.26 Å². The first-order valence-electron chi connectivity index (χ1n) is 6.32. The van der Waals surface area contributed by atoms with Gasteiger partial charge >= 0.3 is 0 Å². The largest absolute Gasteiger partial charge is 0.267 e. The molecule has 1 heterocycles. The maximum atomic E-state index is 8.97. The van der Waals surface area contributed by atoms with Crippen LogP contribution in [0.1, 0.15) is 30.4 Å². The van der Waals surface area contributed by atoms with Crippen LogP contribution < -0.4 is 0 Å². The number of nitrogens with zero attached hydrogens (tertiary/aromatic N) is 1. The maximum absolute atomic E-state index is 8.97. The second-order valence-electron chi connectivity index (χ2n) is 5.34. The quantitative estimate of drug-likeness (QED) is 0.601. The summed E-state index contributed by atoms with van der Waals surface area (Å²) in [4.78, 5) is 0. The van der Waals surface area contributed by atoms with Crippen LogP contribution in [-0.2, 0) is 11.8 Å². The normalized spacial score (nSPS) is 21.8. The van der Waals surface area contributed by atoms with E-state index in [0.29, 0.717) is 12.1 Å². The summed E-state index contributed by atoms with van der Waals surface area (Å²) in [5.41, 5.74) is 3.58. The van der Waals surface area contributed by atoms with Crippen LogP contribution in [-0.4, -0.2) is 6.71 Å². The van der Waals surface area contributed by atoms with Crippen molar-refractivity contribution in [2.75, 3.05) is 0 Å². The zero-order chi connectivity index (χ0) is 11.0. The van der Waals surface area contributed by atoms with E-state index in [9.17, 15) is 0 Å². The van der Waals surface area contributed by atoms with Crippen LogP contribution in [0.3, 0.4) is 0 Å². The van der Waals surface area contributed by atoms with Gasteiger partial charge in [-0.1, -0.05) is 36.9 Å². The highest BCUT2D eigenvalue weighted by molar-refractivity contribution is 6.67. The molecule has 2 aliphatic rings. The first-order valence-corrected chi connectivity index (χ1v) is 6.32. The maximum Gasteiger partial charge on any atom is 0.267 e. The average Bonchev–Trinajstić information content (AvgIpc) is 2.71. The molecule has 0 atom stereocenters. The third kappa shape index (κ3) is 1.38. The molecule has 1 aromatic rings. The minimum Gasteiger partial charge on any atom is -0.213 e. The number of fused-ring (bicyclic) bond motifs is 2. The Morgan fingerprint density at radius 2 is 1.88 bits per heavy atom. The second kappa shape index (κ2) is 3.66. The average molecular weight is 209 g/mol. The lowest BCUT2D eigenvalue weighted by atomic mass is 9.39. The van der Waals surface area contributed by atoms with Gasteiger partial charge in [0.25, 0.3) is 6.71 Å². The molecule has 1 aliphatic carbocycles. The number of nitriles is 1. The monoisotopic (exact) mass is 209 g/mol. The summed E-state index contributed by atoms with van der Waals surface area (Å²) in [7, 11) is 0. The van der Waals surface area contributed by atoms with Crippen molar-refractivity contribution in [2.24, 2.45) is 0 Å². The summed E-state index contributed by atoms with van der Waals surface area (Å²) in [6.07, 6.45) is 7.21. The van der Waals surface area contributed by atoms with Crippen molar-refractivity contribution in [3.63, 3.8) is 0 Å². The minimum absolute atomic E-state index is 0.318. The van der Waals surface area contributed by atoms with Crippen molar-refractivity contribution in [3.8, 4) is 5.97 Å². The fourth-order valence-corrected chi connectivity index (χ4v) is 3.58. The van der Waals surface area contributed by atoms with Crippen molar-refractivity contribution in [1.82, 2.24) is 0 Å². The third-order valence-corrected chi connectivity index (χ3v) is 4.59. The van der Waals surface area contributed by atoms with E-state index in [2.05, 4.69) is 30.2 Å². The lowest BCUT2D eigenvalue weighted by molar-refractivity contribution is 0.379. The Morgan fingerprint density at radius 1 is 1.12 bits per heavy atom. The molecule has 1 spiro atoms. The fraction of sp³-hybridized carbons (Fsp3) is 0.500. The number of hydrogen-bond acceptors (Lipinski definition) is 1. The van der Waals surface area contributed by atoms with Crippen LogP contribution in [0.2, 0.25) is 12.6 Å². The molecule has 1 saturated heterocycles. The lowest BCUT2D eigenvalue weighted by Crippen LogP contribution is -2.32. The Morgan fingerprint density at radius 3 is 2.62 bits per heavy atom. The Kier molecular flexibility index (Phi) is 2.28. The number of rotatable bonds is 0. The number of hydrogen-bond donors (Lipinski definition) is 0. The van der Waals surface area contributed by atoms with Gasteiger partial charge in [0.2, 0.25) is 0 Å². The highest BCUT2D eigenvalue weighted by Crippen LogP contribution is 2.48. The first kappa shape index (κ1) is 9.96. The first-order chi connectivity index (χ1) is 7.84. The summed E-state index contributed by atoms with van der Waals surface area (Å²) >= 11 is 0. The summed E-state index contributed by atoms with van der Waals surface area (Å²) < 4.78 is 0. The molecule has 0 bridgehead atoms. The molecule has 1 fully saturated rings. The van der Waals surface area contributed by atoms with Gasteiger partial charge in [-0.3, -0.25) is 0 Å². The summed E-state index contributed by atoms with van der Waals surface area (Å²) in [5.74, 6) is 2.43. The standard InChI is InChI=1S/C14H16BN/c16-11-15-9-7-14(8-10-15)6-5-12-3-1-2-4-13(12)14/h1-4H,5-10H2. The molecular weight excluding hydrogens is 193 g/mol. The molecule has 2 heteroatoms. The van der Waals surface area contributed by atoms with Gasteiger partial charge in [0.1, 0.15) is 0 Å². The van der Waals surface area contributed by atoms with Crippen LogP contribution in [0.5, 0.6) is 0 Å². The van der Waals surface area contributed by atoms with E-state index in [4.69, 9.17) is 5.26 Å². The Balaban J connectivity index is 1.90. The molecule has 0 saturated carbocycles. The van der Waals surface area contributed by atoms with Crippen LogP contribution in [0, 0.1) is 11.2 Å². The molecule has 1 aromatic carbocycles. The zero-order valence-electron chi connectivity index (χ0n) is 9.58. The molecule has 16 heavy (non-hydrogen) atoms. The number of aryl methyl sites for hydroxylation is 1. The molecule has 0 aromatic heterocycles. The highest BCUT2D eigenvalue weighted by atomic mass is 14.4. The lowest BCUT2D eigenvalue weighted by Gasteiger charge is -2.35. The van der Waals surface area contributed by atoms with E-state index in [0.717, 1.165) is 12.6 Å². The predicted molar refractivity (Wildman–Crippen MR) is 66.7 cm³/mol. The zero-order valence-corrected chi connectivity index (χ0v) is 9.58. The van der Waals surface area contributed by atoms with Gasteiger partial charge in [-0.15, -0.1) is 0 Å². The predicted octanol–water partition coefficient (Wildman–Crippen LogP) is 3.22. The van der Waals surface area contributed by atoms with Gasteiger partial charge in [-0.2, -0.15) is 0 Å². The molecule has 0 unspecified atom stereocenters. The van der Waals surface area contributed by atoms with Crippen molar-refractivity contribution in [3.05, 3.63) is 35.4 Å². The van der Waals surface area contributed by atoms with Gasteiger partial charge in [0.15, 0.2) is 0 Å². The topological polar surface area (TPSA) is 23.8 Å². The van der Waals surface area contributed by atoms with E-state index in [1.165, 1.54) is 25.7 Å². The minimum atomic E-state index is 0.318. The molecule has 0 N–H and O–H groups in total. The molecule has 0 amide bonds. The molecule has 0 radical (unpaired) electrons.